The van der Waals surface area contributed by atoms with Crippen molar-refractivity contribution in [3.05, 3.63) is 0 Å². The minimum atomic E-state index is -0.962. The molecule has 0 aromatic carbocycles. The van der Waals surface area contributed by atoms with Gasteiger partial charge in [-0.15, -0.1) is 6.42 Å². The molecular formula is C10H15NO2. The van der Waals surface area contributed by atoms with Crippen LogP contribution in [0.25, 0.3) is 0 Å². The molecular weight excluding hydrogens is 166 g/mol. The van der Waals surface area contributed by atoms with Gasteiger partial charge in [0.05, 0.1) is 0 Å². The summed E-state index contributed by atoms with van der Waals surface area (Å²) >= 11 is 0. The van der Waals surface area contributed by atoms with Crippen LogP contribution in [0.2, 0.25) is 0 Å². The predicted molar refractivity (Wildman–Crippen MR) is 50.1 cm³/mol. The highest BCUT2D eigenvalue weighted by Gasteiger charge is 2.33. The van der Waals surface area contributed by atoms with Crippen LogP contribution in [0.3, 0.4) is 0 Å². The Balaban J connectivity index is 2.34. The van der Waals surface area contributed by atoms with E-state index in [2.05, 4.69) is 5.92 Å². The van der Waals surface area contributed by atoms with Gasteiger partial charge in [0, 0.05) is 32.5 Å². The van der Waals surface area contributed by atoms with Crippen LogP contribution >= 0.6 is 0 Å². The lowest BCUT2D eigenvalue weighted by molar-refractivity contribution is -0.117. The largest absolute Gasteiger partial charge is 0.376 e. The van der Waals surface area contributed by atoms with E-state index in [-0.39, 0.29) is 5.78 Å². The average Bonchev–Trinajstić information content (AvgIpc) is 2.45. The van der Waals surface area contributed by atoms with Crippen molar-refractivity contribution in [2.24, 2.45) is 0 Å². The van der Waals surface area contributed by atoms with Gasteiger partial charge in [0.2, 0.25) is 0 Å². The quantitative estimate of drug-likeness (QED) is 0.625. The van der Waals surface area contributed by atoms with Crippen LogP contribution in [0.1, 0.15) is 19.8 Å². The zero-order valence-electron chi connectivity index (χ0n) is 7.92. The third kappa shape index (κ3) is 2.83. The SMILES string of the molecule is C#CC1(O)CCN(CCC(C)=O)C1. The van der Waals surface area contributed by atoms with Crippen LogP contribution in [0, 0.1) is 12.3 Å². The van der Waals surface area contributed by atoms with Gasteiger partial charge < -0.3 is 5.11 Å². The number of hydrogen-bond donors (Lipinski definition) is 1. The van der Waals surface area contributed by atoms with E-state index in [0.717, 1.165) is 6.54 Å². The van der Waals surface area contributed by atoms with Gasteiger partial charge in [-0.3, -0.25) is 9.69 Å². The van der Waals surface area contributed by atoms with Crippen molar-refractivity contribution in [3.63, 3.8) is 0 Å². The van der Waals surface area contributed by atoms with Crippen molar-refractivity contribution in [2.75, 3.05) is 19.6 Å². The second-order valence-corrected chi connectivity index (χ2v) is 3.65. The lowest BCUT2D eigenvalue weighted by atomic mass is 10.1. The molecule has 1 atom stereocenters. The standard InChI is InChI=1S/C10H15NO2/c1-3-10(13)5-7-11(8-10)6-4-9(2)12/h1,13H,4-8H2,2H3. The van der Waals surface area contributed by atoms with E-state index in [4.69, 9.17) is 6.42 Å². The molecule has 0 amide bonds. The molecule has 0 radical (unpaired) electrons. The molecule has 0 aliphatic carbocycles. The number of hydrogen-bond acceptors (Lipinski definition) is 3. The van der Waals surface area contributed by atoms with Crippen LogP contribution in [-0.2, 0) is 4.79 Å². The van der Waals surface area contributed by atoms with Crippen LogP contribution in [0.4, 0.5) is 0 Å². The summed E-state index contributed by atoms with van der Waals surface area (Å²) in [5.74, 6) is 2.56. The Labute approximate surface area is 78.7 Å². The molecule has 0 aromatic heterocycles. The molecule has 1 heterocycles. The normalized spacial score (nSPS) is 28.7. The summed E-state index contributed by atoms with van der Waals surface area (Å²) in [7, 11) is 0. The van der Waals surface area contributed by atoms with Gasteiger partial charge >= 0.3 is 0 Å². The molecule has 1 aliphatic rings. The summed E-state index contributed by atoms with van der Waals surface area (Å²) in [4.78, 5) is 12.7. The first kappa shape index (κ1) is 10.2. The van der Waals surface area contributed by atoms with Gasteiger partial charge in [-0.05, 0) is 6.92 Å². The monoisotopic (exact) mass is 181 g/mol. The fourth-order valence-corrected chi connectivity index (χ4v) is 1.50. The van der Waals surface area contributed by atoms with E-state index < -0.39 is 5.60 Å². The van der Waals surface area contributed by atoms with Gasteiger partial charge in [-0.2, -0.15) is 0 Å². The van der Waals surface area contributed by atoms with E-state index in [1.165, 1.54) is 0 Å². The van der Waals surface area contributed by atoms with Crippen molar-refractivity contribution in [1.29, 1.82) is 0 Å². The van der Waals surface area contributed by atoms with E-state index in [1.54, 1.807) is 6.92 Å². The van der Waals surface area contributed by atoms with Gasteiger partial charge in [-0.25, -0.2) is 0 Å². The van der Waals surface area contributed by atoms with Crippen molar-refractivity contribution >= 4 is 5.78 Å². The second-order valence-electron chi connectivity index (χ2n) is 3.65. The Hall–Kier alpha value is -0.850. The molecule has 0 bridgehead atoms. The maximum atomic E-state index is 10.7. The van der Waals surface area contributed by atoms with Gasteiger partial charge in [0.25, 0.3) is 0 Å². The zero-order valence-corrected chi connectivity index (χ0v) is 7.92. The lowest BCUT2D eigenvalue weighted by Gasteiger charge is -2.17. The molecule has 1 rings (SSSR count). The van der Waals surface area contributed by atoms with E-state index in [9.17, 15) is 9.90 Å². The maximum absolute atomic E-state index is 10.7. The number of likely N-dealkylation sites (tertiary alicyclic amines) is 1. The Morgan fingerprint density at radius 2 is 2.46 bits per heavy atom. The topological polar surface area (TPSA) is 40.5 Å². The molecule has 3 nitrogen and oxygen atoms in total. The number of nitrogens with zero attached hydrogens (tertiary/aromatic N) is 1. The molecule has 72 valence electrons. The average molecular weight is 181 g/mol. The van der Waals surface area contributed by atoms with E-state index >= 15 is 0 Å². The molecule has 13 heavy (non-hydrogen) atoms. The summed E-state index contributed by atoms with van der Waals surface area (Å²) in [6.07, 6.45) is 6.35. The molecule has 3 heteroatoms. The fraction of sp³-hybridized carbons (Fsp3) is 0.700. The fourth-order valence-electron chi connectivity index (χ4n) is 1.50. The molecule has 0 saturated carbocycles. The molecule has 1 fully saturated rings. The van der Waals surface area contributed by atoms with Crippen molar-refractivity contribution in [2.45, 2.75) is 25.4 Å². The Morgan fingerprint density at radius 3 is 2.92 bits per heavy atom. The zero-order chi connectivity index (χ0) is 9.90. The number of carbonyl (C=O) groups is 1. The van der Waals surface area contributed by atoms with Crippen LogP contribution < -0.4 is 0 Å². The third-order valence-electron chi connectivity index (χ3n) is 2.38. The lowest BCUT2D eigenvalue weighted by Crippen LogP contribution is -2.32. The van der Waals surface area contributed by atoms with Gasteiger partial charge in [0.15, 0.2) is 0 Å². The number of carbonyl (C=O) groups excluding carboxylic acids is 1. The van der Waals surface area contributed by atoms with Crippen molar-refractivity contribution in [3.8, 4) is 12.3 Å². The number of aliphatic hydroxyl groups is 1. The predicted octanol–water partition coefficient (Wildman–Crippen LogP) is 0.0355. The second kappa shape index (κ2) is 3.91. The van der Waals surface area contributed by atoms with Gasteiger partial charge in [0.1, 0.15) is 11.4 Å². The third-order valence-corrected chi connectivity index (χ3v) is 2.38. The van der Waals surface area contributed by atoms with Crippen LogP contribution in [0.5, 0.6) is 0 Å². The number of terminal acetylenes is 1. The highest BCUT2D eigenvalue weighted by molar-refractivity contribution is 5.75. The molecule has 1 saturated heterocycles. The Bertz CT molecular complexity index is 244. The summed E-state index contributed by atoms with van der Waals surface area (Å²) in [5, 5.41) is 9.67. The summed E-state index contributed by atoms with van der Waals surface area (Å²) in [6, 6.07) is 0. The number of rotatable bonds is 3. The van der Waals surface area contributed by atoms with E-state index in [1.807, 2.05) is 4.90 Å². The highest BCUT2D eigenvalue weighted by Crippen LogP contribution is 2.19. The van der Waals surface area contributed by atoms with Crippen molar-refractivity contribution < 1.29 is 9.90 Å². The first-order chi connectivity index (χ1) is 6.06. The molecule has 0 spiro atoms. The summed E-state index contributed by atoms with van der Waals surface area (Å²) in [5.41, 5.74) is -0.962. The number of Topliss-reactive ketones (excluding diaryl/α,β-unsaturated/α-hetero) is 1. The number of β-amino-alcohol motifs (C(OH)–C–C–N with tert-alkyl or cyclic N) is 1. The van der Waals surface area contributed by atoms with Crippen LogP contribution in [-0.4, -0.2) is 41.0 Å². The summed E-state index contributed by atoms with van der Waals surface area (Å²) < 4.78 is 0. The maximum Gasteiger partial charge on any atom is 0.139 e. The molecule has 1 aliphatic heterocycles. The van der Waals surface area contributed by atoms with Crippen molar-refractivity contribution in [1.82, 2.24) is 4.90 Å². The minimum Gasteiger partial charge on any atom is -0.376 e. The van der Waals surface area contributed by atoms with Gasteiger partial charge in [-0.1, -0.05) is 5.92 Å². The first-order valence-corrected chi connectivity index (χ1v) is 4.48. The minimum absolute atomic E-state index is 0.177. The Kier molecular flexibility index (Phi) is 3.07. The molecule has 1 N–H and O–H groups in total. The summed E-state index contributed by atoms with van der Waals surface area (Å²) in [6.45, 7) is 3.56. The smallest absolute Gasteiger partial charge is 0.139 e. The molecule has 1 unspecified atom stereocenters. The first-order valence-electron chi connectivity index (χ1n) is 4.48. The highest BCUT2D eigenvalue weighted by atomic mass is 16.3. The Morgan fingerprint density at radius 1 is 1.77 bits per heavy atom. The molecule has 0 aromatic rings. The van der Waals surface area contributed by atoms with E-state index in [0.29, 0.717) is 25.9 Å². The van der Waals surface area contributed by atoms with Crippen LogP contribution in [0.15, 0.2) is 0 Å². The number of ketones is 1.